The van der Waals surface area contributed by atoms with Gasteiger partial charge in [-0.05, 0) is 27.7 Å². The molecule has 1 atom stereocenters. The molecule has 5 heteroatoms. The second kappa shape index (κ2) is 5.97. The molecule has 0 saturated carbocycles. The lowest BCUT2D eigenvalue weighted by molar-refractivity contribution is -0.236. The Morgan fingerprint density at radius 3 is 2.65 bits per heavy atom. The summed E-state index contributed by atoms with van der Waals surface area (Å²) < 4.78 is 5.29. The normalized spacial score (nSPS) is 22.6. The van der Waals surface area contributed by atoms with Crippen molar-refractivity contribution in [3.63, 3.8) is 0 Å². The van der Waals surface area contributed by atoms with Crippen molar-refractivity contribution in [2.45, 2.75) is 57.8 Å². The Kier molecular flexibility index (Phi) is 5.00. The number of nitrogens with zero attached hydrogens (tertiary/aromatic N) is 1. The lowest BCUT2D eigenvalue weighted by Crippen LogP contribution is -2.51. The van der Waals surface area contributed by atoms with Crippen LogP contribution in [0.5, 0.6) is 0 Å². The van der Waals surface area contributed by atoms with Gasteiger partial charge in [-0.2, -0.15) is 0 Å². The molecule has 114 valence electrons. The molecule has 0 bridgehead atoms. The van der Waals surface area contributed by atoms with Gasteiger partial charge in [0.25, 0.3) is 0 Å². The van der Waals surface area contributed by atoms with Gasteiger partial charge in [0.2, 0.25) is 0 Å². The molecule has 0 aliphatic carbocycles. The molecule has 1 rings (SSSR count). The molecular weight excluding hydrogens is 258 g/mol. The highest BCUT2D eigenvalue weighted by molar-refractivity contribution is 5.81. The molecule has 1 aliphatic heterocycles. The van der Waals surface area contributed by atoms with Crippen LogP contribution in [0.3, 0.4) is 0 Å². The van der Waals surface area contributed by atoms with E-state index < -0.39 is 11.6 Å². The van der Waals surface area contributed by atoms with Crippen LogP contribution in [0, 0.1) is 0 Å². The lowest BCUT2D eigenvalue weighted by atomic mass is 9.89. The highest BCUT2D eigenvalue weighted by atomic mass is 16.7. The van der Waals surface area contributed by atoms with Gasteiger partial charge in [0.1, 0.15) is 12.7 Å². The molecule has 0 radical (unpaired) electrons. The molecule has 1 aliphatic rings. The average Bonchev–Trinajstić information content (AvgIpc) is 2.24. The van der Waals surface area contributed by atoms with Crippen LogP contribution in [-0.2, 0) is 14.4 Å². The van der Waals surface area contributed by atoms with E-state index in [4.69, 9.17) is 9.57 Å². The van der Waals surface area contributed by atoms with Crippen molar-refractivity contribution in [3.05, 3.63) is 24.9 Å². The number of hydrogen-bond donors (Lipinski definition) is 1. The number of aliphatic hydroxyl groups is 1. The minimum atomic E-state index is -0.914. The molecule has 0 amide bonds. The second-order valence-electron chi connectivity index (χ2n) is 6.43. The van der Waals surface area contributed by atoms with E-state index in [0.717, 1.165) is 11.8 Å². The molecule has 1 N–H and O–H groups in total. The molecule has 0 spiro atoms. The molecule has 0 aromatic rings. The Morgan fingerprint density at radius 1 is 1.60 bits per heavy atom. The molecule has 0 aromatic carbocycles. The Morgan fingerprint density at radius 2 is 2.20 bits per heavy atom. The van der Waals surface area contributed by atoms with Crippen molar-refractivity contribution < 1.29 is 19.5 Å². The molecular formula is C15H25NO4. The quantitative estimate of drug-likeness (QED) is 0.619. The third-order valence-electron chi connectivity index (χ3n) is 3.02. The van der Waals surface area contributed by atoms with E-state index in [-0.39, 0.29) is 18.2 Å². The topological polar surface area (TPSA) is 59.0 Å². The second-order valence-corrected chi connectivity index (χ2v) is 6.43. The van der Waals surface area contributed by atoms with E-state index in [1.807, 2.05) is 13.8 Å². The van der Waals surface area contributed by atoms with Gasteiger partial charge in [-0.25, -0.2) is 4.79 Å². The van der Waals surface area contributed by atoms with Gasteiger partial charge in [0.15, 0.2) is 0 Å². The molecule has 0 aromatic heterocycles. The molecule has 1 unspecified atom stereocenters. The Hall–Kier alpha value is -1.33. The van der Waals surface area contributed by atoms with Crippen LogP contribution in [-0.4, -0.2) is 40.0 Å². The number of ether oxygens (including phenoxy) is 1. The Labute approximate surface area is 120 Å². The number of piperidine rings is 1. The first-order valence-corrected chi connectivity index (χ1v) is 6.71. The summed E-state index contributed by atoms with van der Waals surface area (Å²) in [5.41, 5.74) is -0.553. The summed E-state index contributed by atoms with van der Waals surface area (Å²) in [6.07, 6.45) is 2.06. The first kappa shape index (κ1) is 16.7. The molecule has 1 heterocycles. The van der Waals surface area contributed by atoms with E-state index in [0.29, 0.717) is 12.8 Å². The van der Waals surface area contributed by atoms with Gasteiger partial charge in [0, 0.05) is 24.6 Å². The van der Waals surface area contributed by atoms with Gasteiger partial charge < -0.3 is 9.84 Å². The highest BCUT2D eigenvalue weighted by Crippen LogP contribution is 2.35. The van der Waals surface area contributed by atoms with Crippen molar-refractivity contribution in [1.29, 1.82) is 0 Å². The van der Waals surface area contributed by atoms with E-state index in [2.05, 4.69) is 13.2 Å². The first-order valence-electron chi connectivity index (χ1n) is 6.71. The number of esters is 1. The maximum absolute atomic E-state index is 11.3. The Bertz CT molecular complexity index is 395. The van der Waals surface area contributed by atoms with Gasteiger partial charge in [0.05, 0.1) is 11.1 Å². The van der Waals surface area contributed by atoms with Crippen molar-refractivity contribution in [2.24, 2.45) is 0 Å². The van der Waals surface area contributed by atoms with E-state index in [9.17, 15) is 9.90 Å². The molecule has 1 saturated heterocycles. The molecule has 1 fully saturated rings. The van der Waals surface area contributed by atoms with Crippen LogP contribution in [0.15, 0.2) is 24.9 Å². The summed E-state index contributed by atoms with van der Waals surface area (Å²) in [5, 5.41) is 11.5. The minimum Gasteiger partial charge on any atom is -0.459 e. The van der Waals surface area contributed by atoms with Crippen molar-refractivity contribution in [2.75, 3.05) is 6.61 Å². The van der Waals surface area contributed by atoms with Crippen LogP contribution < -0.4 is 0 Å². The van der Waals surface area contributed by atoms with Gasteiger partial charge in [-0.15, -0.1) is 0 Å². The predicted octanol–water partition coefficient (Wildman–Crippen LogP) is 2.17. The average molecular weight is 283 g/mol. The number of hydroxylamine groups is 2. The number of carbonyl (C=O) groups is 1. The molecule has 5 nitrogen and oxygen atoms in total. The standard InChI is InChI=1S/C15H25NO4/c1-7-13(17)20-12-8-11(2)16(14(3,4)9-12)19-10-15(5,6)18/h7,12,18H,1-2,8-10H2,3-6H3. The summed E-state index contributed by atoms with van der Waals surface area (Å²) >= 11 is 0. The Balaban J connectivity index is 2.70. The van der Waals surface area contributed by atoms with Crippen molar-refractivity contribution in [3.8, 4) is 0 Å². The van der Waals surface area contributed by atoms with Crippen molar-refractivity contribution >= 4 is 5.97 Å². The van der Waals surface area contributed by atoms with E-state index in [1.54, 1.807) is 18.9 Å². The third-order valence-corrected chi connectivity index (χ3v) is 3.02. The lowest BCUT2D eigenvalue weighted by Gasteiger charge is -2.46. The van der Waals surface area contributed by atoms with Gasteiger partial charge in [-0.1, -0.05) is 13.2 Å². The number of carbonyl (C=O) groups excluding carboxylic acids is 1. The summed E-state index contributed by atoms with van der Waals surface area (Å²) in [6.45, 7) is 14.9. The number of rotatable bonds is 5. The van der Waals surface area contributed by atoms with Crippen LogP contribution in [0.1, 0.15) is 40.5 Å². The molecule has 20 heavy (non-hydrogen) atoms. The highest BCUT2D eigenvalue weighted by Gasteiger charge is 2.39. The summed E-state index contributed by atoms with van der Waals surface area (Å²) in [7, 11) is 0. The van der Waals surface area contributed by atoms with E-state index >= 15 is 0 Å². The van der Waals surface area contributed by atoms with Crippen LogP contribution in [0.4, 0.5) is 0 Å². The zero-order valence-corrected chi connectivity index (χ0v) is 12.8. The third kappa shape index (κ3) is 4.65. The fourth-order valence-corrected chi connectivity index (χ4v) is 2.27. The maximum Gasteiger partial charge on any atom is 0.330 e. The zero-order chi connectivity index (χ0) is 15.6. The predicted molar refractivity (Wildman–Crippen MR) is 76.6 cm³/mol. The van der Waals surface area contributed by atoms with Crippen LogP contribution >= 0.6 is 0 Å². The van der Waals surface area contributed by atoms with Gasteiger partial charge >= 0.3 is 5.97 Å². The van der Waals surface area contributed by atoms with Gasteiger partial charge in [-0.3, -0.25) is 9.90 Å². The SMILES string of the molecule is C=CC(=O)OC1CC(=C)N(OCC(C)(C)O)C(C)(C)C1. The van der Waals surface area contributed by atoms with Crippen molar-refractivity contribution in [1.82, 2.24) is 5.06 Å². The van der Waals surface area contributed by atoms with Crippen LogP contribution in [0.2, 0.25) is 0 Å². The fraction of sp³-hybridized carbons (Fsp3) is 0.667. The fourth-order valence-electron chi connectivity index (χ4n) is 2.27. The summed E-state index contributed by atoms with van der Waals surface area (Å²) in [5.74, 6) is -0.426. The smallest absolute Gasteiger partial charge is 0.330 e. The summed E-state index contributed by atoms with van der Waals surface area (Å²) in [4.78, 5) is 17.0. The largest absolute Gasteiger partial charge is 0.459 e. The summed E-state index contributed by atoms with van der Waals surface area (Å²) in [6, 6.07) is 0. The van der Waals surface area contributed by atoms with E-state index in [1.165, 1.54) is 0 Å². The first-order chi connectivity index (χ1) is 9.05. The monoisotopic (exact) mass is 283 g/mol. The zero-order valence-electron chi connectivity index (χ0n) is 12.8. The minimum absolute atomic E-state index is 0.173. The number of hydrogen-bond acceptors (Lipinski definition) is 5. The van der Waals surface area contributed by atoms with Crippen LogP contribution in [0.25, 0.3) is 0 Å². The maximum atomic E-state index is 11.3.